The SMILES string of the molecule is O=C(CNC(=O)[C@@]12CCCC[C@H]1CNC2)Nc1ccc(F)cc1. The fraction of sp³-hybridized carbons (Fsp3) is 0.529. The molecule has 0 unspecified atom stereocenters. The Balaban J connectivity index is 1.54. The van der Waals surface area contributed by atoms with Gasteiger partial charge in [-0.3, -0.25) is 9.59 Å². The van der Waals surface area contributed by atoms with E-state index in [0.717, 1.165) is 25.8 Å². The van der Waals surface area contributed by atoms with Crippen molar-refractivity contribution in [2.75, 3.05) is 25.0 Å². The third-order valence-corrected chi connectivity index (χ3v) is 5.03. The summed E-state index contributed by atoms with van der Waals surface area (Å²) in [5.41, 5.74) is 0.163. The van der Waals surface area contributed by atoms with E-state index in [-0.39, 0.29) is 29.6 Å². The topological polar surface area (TPSA) is 70.2 Å². The number of hydrogen-bond donors (Lipinski definition) is 3. The molecule has 0 aromatic heterocycles. The number of benzene rings is 1. The first-order valence-electron chi connectivity index (χ1n) is 8.15. The Morgan fingerprint density at radius 1 is 1.26 bits per heavy atom. The molecule has 3 N–H and O–H groups in total. The van der Waals surface area contributed by atoms with Crippen molar-refractivity contribution in [3.8, 4) is 0 Å². The fourth-order valence-electron chi connectivity index (χ4n) is 3.77. The average molecular weight is 319 g/mol. The second-order valence-electron chi connectivity index (χ2n) is 6.47. The molecule has 0 radical (unpaired) electrons. The van der Waals surface area contributed by atoms with Crippen molar-refractivity contribution in [1.82, 2.24) is 10.6 Å². The first-order valence-corrected chi connectivity index (χ1v) is 8.15. The van der Waals surface area contributed by atoms with Gasteiger partial charge in [-0.25, -0.2) is 4.39 Å². The van der Waals surface area contributed by atoms with Crippen LogP contribution in [-0.2, 0) is 9.59 Å². The molecule has 3 rings (SSSR count). The number of amides is 2. The van der Waals surface area contributed by atoms with Crippen LogP contribution in [-0.4, -0.2) is 31.4 Å². The van der Waals surface area contributed by atoms with Gasteiger partial charge in [0.1, 0.15) is 5.82 Å². The molecule has 6 heteroatoms. The number of carbonyl (C=O) groups excluding carboxylic acids is 2. The van der Waals surface area contributed by atoms with Gasteiger partial charge in [0.2, 0.25) is 11.8 Å². The minimum absolute atomic E-state index is 0.0264. The second-order valence-corrected chi connectivity index (χ2v) is 6.47. The van der Waals surface area contributed by atoms with Crippen LogP contribution in [0.5, 0.6) is 0 Å². The van der Waals surface area contributed by atoms with Gasteiger partial charge in [-0.15, -0.1) is 0 Å². The molecule has 1 aromatic carbocycles. The molecular weight excluding hydrogens is 297 g/mol. The monoisotopic (exact) mass is 319 g/mol. The molecule has 2 aliphatic rings. The summed E-state index contributed by atoms with van der Waals surface area (Å²) in [4.78, 5) is 24.6. The van der Waals surface area contributed by atoms with Crippen molar-refractivity contribution in [1.29, 1.82) is 0 Å². The van der Waals surface area contributed by atoms with E-state index in [1.165, 1.54) is 30.7 Å². The maximum absolute atomic E-state index is 12.8. The number of anilines is 1. The van der Waals surface area contributed by atoms with Crippen LogP contribution in [0.4, 0.5) is 10.1 Å². The summed E-state index contributed by atoms with van der Waals surface area (Å²) in [6, 6.07) is 5.55. The van der Waals surface area contributed by atoms with E-state index in [9.17, 15) is 14.0 Å². The smallest absolute Gasteiger partial charge is 0.243 e. The molecule has 5 nitrogen and oxygen atoms in total. The zero-order valence-corrected chi connectivity index (χ0v) is 13.0. The lowest BCUT2D eigenvalue weighted by atomic mass is 9.67. The van der Waals surface area contributed by atoms with Crippen LogP contribution >= 0.6 is 0 Å². The van der Waals surface area contributed by atoms with Crippen molar-refractivity contribution in [2.24, 2.45) is 11.3 Å². The Kier molecular flexibility index (Phi) is 4.61. The largest absolute Gasteiger partial charge is 0.346 e. The van der Waals surface area contributed by atoms with Crippen molar-refractivity contribution in [2.45, 2.75) is 25.7 Å². The van der Waals surface area contributed by atoms with Crippen LogP contribution in [0, 0.1) is 17.2 Å². The highest BCUT2D eigenvalue weighted by Gasteiger charge is 2.49. The van der Waals surface area contributed by atoms with E-state index < -0.39 is 0 Å². The van der Waals surface area contributed by atoms with Crippen LogP contribution in [0.25, 0.3) is 0 Å². The van der Waals surface area contributed by atoms with E-state index in [0.29, 0.717) is 18.2 Å². The lowest BCUT2D eigenvalue weighted by Crippen LogP contribution is -2.49. The lowest BCUT2D eigenvalue weighted by Gasteiger charge is -2.37. The second kappa shape index (κ2) is 6.66. The Morgan fingerprint density at radius 2 is 2.04 bits per heavy atom. The average Bonchev–Trinajstić information content (AvgIpc) is 3.00. The molecular formula is C17H22FN3O2. The van der Waals surface area contributed by atoms with Crippen molar-refractivity contribution >= 4 is 17.5 Å². The van der Waals surface area contributed by atoms with Gasteiger partial charge in [-0.2, -0.15) is 0 Å². The molecule has 2 amide bonds. The Hall–Kier alpha value is -1.95. The highest BCUT2D eigenvalue weighted by atomic mass is 19.1. The lowest BCUT2D eigenvalue weighted by molar-refractivity contribution is -0.135. The zero-order valence-electron chi connectivity index (χ0n) is 13.0. The molecule has 1 saturated heterocycles. The van der Waals surface area contributed by atoms with E-state index >= 15 is 0 Å². The summed E-state index contributed by atoms with van der Waals surface area (Å²) >= 11 is 0. The summed E-state index contributed by atoms with van der Waals surface area (Å²) in [6.45, 7) is 1.52. The first kappa shape index (κ1) is 15.9. The quantitative estimate of drug-likeness (QED) is 0.790. The molecule has 1 aliphatic carbocycles. The molecule has 2 fully saturated rings. The Labute approximate surface area is 135 Å². The predicted octanol–water partition coefficient (Wildman–Crippen LogP) is 1.66. The molecule has 0 spiro atoms. The minimum Gasteiger partial charge on any atom is -0.346 e. The van der Waals surface area contributed by atoms with Gasteiger partial charge in [-0.05, 0) is 49.6 Å². The minimum atomic E-state index is -0.354. The van der Waals surface area contributed by atoms with Gasteiger partial charge in [0, 0.05) is 12.2 Å². The van der Waals surface area contributed by atoms with E-state index in [4.69, 9.17) is 0 Å². The van der Waals surface area contributed by atoms with E-state index in [1.807, 2.05) is 0 Å². The highest BCUT2D eigenvalue weighted by Crippen LogP contribution is 2.43. The number of nitrogens with one attached hydrogen (secondary N) is 3. The van der Waals surface area contributed by atoms with E-state index in [1.54, 1.807) is 0 Å². The number of halogens is 1. The van der Waals surface area contributed by atoms with Gasteiger partial charge in [-0.1, -0.05) is 12.8 Å². The number of fused-ring (bicyclic) bond motifs is 1. The third-order valence-electron chi connectivity index (χ3n) is 5.03. The molecule has 1 saturated carbocycles. The van der Waals surface area contributed by atoms with Crippen LogP contribution in [0.2, 0.25) is 0 Å². The Bertz CT molecular complexity index is 590. The third kappa shape index (κ3) is 3.37. The highest BCUT2D eigenvalue weighted by molar-refractivity contribution is 5.95. The van der Waals surface area contributed by atoms with Gasteiger partial charge in [0.15, 0.2) is 0 Å². The Morgan fingerprint density at radius 3 is 2.83 bits per heavy atom. The molecule has 1 aliphatic heterocycles. The van der Waals surface area contributed by atoms with E-state index in [2.05, 4.69) is 16.0 Å². The summed E-state index contributed by atoms with van der Waals surface area (Å²) in [5, 5.41) is 8.75. The summed E-state index contributed by atoms with van der Waals surface area (Å²) in [7, 11) is 0. The van der Waals surface area contributed by atoms with Crippen LogP contribution in [0.1, 0.15) is 25.7 Å². The molecule has 0 bridgehead atoms. The normalized spacial score (nSPS) is 26.4. The molecule has 23 heavy (non-hydrogen) atoms. The zero-order chi connectivity index (χ0) is 16.3. The maximum Gasteiger partial charge on any atom is 0.243 e. The van der Waals surface area contributed by atoms with Crippen molar-refractivity contribution in [3.05, 3.63) is 30.1 Å². The summed E-state index contributed by atoms with van der Waals surface area (Å²) in [5.74, 6) is -0.315. The molecule has 124 valence electrons. The van der Waals surface area contributed by atoms with Gasteiger partial charge >= 0.3 is 0 Å². The molecule has 2 atom stereocenters. The van der Waals surface area contributed by atoms with Crippen molar-refractivity contribution < 1.29 is 14.0 Å². The van der Waals surface area contributed by atoms with Crippen LogP contribution < -0.4 is 16.0 Å². The summed E-state index contributed by atoms with van der Waals surface area (Å²) in [6.07, 6.45) is 4.19. The van der Waals surface area contributed by atoms with Gasteiger partial charge in [0.25, 0.3) is 0 Å². The van der Waals surface area contributed by atoms with Crippen LogP contribution in [0.15, 0.2) is 24.3 Å². The summed E-state index contributed by atoms with van der Waals surface area (Å²) < 4.78 is 12.8. The number of carbonyl (C=O) groups is 2. The first-order chi connectivity index (χ1) is 11.1. The van der Waals surface area contributed by atoms with Gasteiger partial charge < -0.3 is 16.0 Å². The number of rotatable bonds is 4. The molecule has 1 heterocycles. The fourth-order valence-corrected chi connectivity index (χ4v) is 3.77. The van der Waals surface area contributed by atoms with Crippen molar-refractivity contribution in [3.63, 3.8) is 0 Å². The van der Waals surface area contributed by atoms with Gasteiger partial charge in [0.05, 0.1) is 12.0 Å². The van der Waals surface area contributed by atoms with Crippen LogP contribution in [0.3, 0.4) is 0 Å². The standard InChI is InChI=1S/C17H22FN3O2/c18-13-4-6-14(7-5-13)21-15(22)10-20-16(23)17-8-2-1-3-12(17)9-19-11-17/h4-7,12,19H,1-3,8-11H2,(H,20,23)(H,21,22)/t12-,17+/m0/s1. The maximum atomic E-state index is 12.8. The number of hydrogen-bond acceptors (Lipinski definition) is 3. The predicted molar refractivity (Wildman–Crippen MR) is 85.3 cm³/mol. The molecule has 1 aromatic rings.